The molecule has 0 spiro atoms. The molecule has 0 saturated carbocycles. The van der Waals surface area contributed by atoms with Crippen molar-refractivity contribution >= 4 is 52.9 Å². The van der Waals surface area contributed by atoms with Crippen LogP contribution in [0.4, 0.5) is 0 Å². The van der Waals surface area contributed by atoms with Gasteiger partial charge in [0.15, 0.2) is 17.5 Å². The summed E-state index contributed by atoms with van der Waals surface area (Å²) in [6.07, 6.45) is 1.28. The molecule has 1 fully saturated rings. The third-order valence-corrected chi connectivity index (χ3v) is 7.74. The van der Waals surface area contributed by atoms with E-state index in [0.29, 0.717) is 5.57 Å². The van der Waals surface area contributed by atoms with Crippen molar-refractivity contribution in [2.75, 3.05) is 18.1 Å². The van der Waals surface area contributed by atoms with Gasteiger partial charge < -0.3 is 25.4 Å². The van der Waals surface area contributed by atoms with Crippen molar-refractivity contribution in [2.24, 2.45) is 17.9 Å². The molecule has 1 saturated heterocycles. The number of hydrogen-bond donors (Lipinski definition) is 4. The number of amides is 3. The van der Waals surface area contributed by atoms with Gasteiger partial charge in [0.1, 0.15) is 17.1 Å². The molecular weight excluding hydrogens is 546 g/mol. The lowest BCUT2D eigenvalue weighted by molar-refractivity contribution is -0.150. The van der Waals surface area contributed by atoms with Crippen LogP contribution in [0.2, 0.25) is 0 Å². The number of carbonyl (C=O) groups is 4. The first-order valence-electron chi connectivity index (χ1n) is 10.6. The molecule has 5 N–H and O–H groups in total. The van der Waals surface area contributed by atoms with Crippen molar-refractivity contribution in [3.8, 4) is 0 Å². The van der Waals surface area contributed by atoms with Gasteiger partial charge in [-0.25, -0.2) is 9.89 Å². The molecule has 18 heteroatoms. The van der Waals surface area contributed by atoms with E-state index in [-0.39, 0.29) is 33.8 Å². The molecule has 2 aliphatic heterocycles. The quantitative estimate of drug-likeness (QED) is 0.0790. The number of β-lactam (4-membered cyclic amide) rings is 1. The Kier molecular flexibility index (Phi) is 7.72. The monoisotopic (exact) mass is 565 g/mol. The highest BCUT2D eigenvalue weighted by atomic mass is 32.2. The molecule has 3 amide bonds. The minimum atomic E-state index is -1.34. The second-order valence-electron chi connectivity index (χ2n) is 7.76. The normalized spacial score (nSPS) is 19.0. The summed E-state index contributed by atoms with van der Waals surface area (Å²) >= 11 is 2.24. The van der Waals surface area contributed by atoms with Gasteiger partial charge in [-0.05, 0) is 17.7 Å². The first-order chi connectivity index (χ1) is 18.1. The number of H-pyrrole nitrogens is 1. The zero-order chi connectivity index (χ0) is 27.6. The topological polar surface area (TPSA) is 232 Å². The minimum Gasteiger partial charge on any atom is -0.477 e. The molecule has 0 aliphatic carbocycles. The van der Waals surface area contributed by atoms with Crippen LogP contribution in [-0.4, -0.2) is 83.7 Å². The molecule has 200 valence electrons. The molecular formula is C20H19N7O9S2. The van der Waals surface area contributed by atoms with Crippen LogP contribution < -0.4 is 22.2 Å². The Balaban J connectivity index is 1.50. The van der Waals surface area contributed by atoms with Gasteiger partial charge in [0.2, 0.25) is 5.71 Å². The van der Waals surface area contributed by atoms with Crippen LogP contribution in [0.3, 0.4) is 0 Å². The first kappa shape index (κ1) is 26.7. The van der Waals surface area contributed by atoms with Gasteiger partial charge in [0.05, 0.1) is 6.26 Å². The number of fused-ring (bicyclic) bond motifs is 1. The number of nitrogens with one attached hydrogen (secondary N) is 2. The van der Waals surface area contributed by atoms with E-state index in [4.69, 9.17) is 15.0 Å². The number of nitrogens with zero attached hydrogens (tertiary/aromatic N) is 4. The second-order valence-corrected chi connectivity index (χ2v) is 9.81. The van der Waals surface area contributed by atoms with Gasteiger partial charge in [0, 0.05) is 18.6 Å². The Morgan fingerprint density at radius 3 is 2.82 bits per heavy atom. The van der Waals surface area contributed by atoms with Gasteiger partial charge in [-0.15, -0.1) is 16.9 Å². The second kappa shape index (κ2) is 11.0. The Morgan fingerprint density at radius 2 is 2.16 bits per heavy atom. The molecule has 2 aromatic heterocycles. The molecule has 2 aromatic rings. The molecule has 16 nitrogen and oxygen atoms in total. The van der Waals surface area contributed by atoms with Gasteiger partial charge >= 0.3 is 17.1 Å². The van der Waals surface area contributed by atoms with E-state index in [1.165, 1.54) is 37.2 Å². The van der Waals surface area contributed by atoms with Gasteiger partial charge in [-0.1, -0.05) is 16.9 Å². The minimum absolute atomic E-state index is 0.00240. The fourth-order valence-corrected chi connectivity index (χ4v) is 5.92. The van der Waals surface area contributed by atoms with Crippen LogP contribution in [0.5, 0.6) is 0 Å². The molecule has 2 aliphatic rings. The van der Waals surface area contributed by atoms with Crippen LogP contribution in [0.1, 0.15) is 5.76 Å². The number of rotatable bonds is 10. The number of nitrogens with two attached hydrogens (primary N) is 1. The fraction of sp³-hybridized carbons (Fsp3) is 0.300. The van der Waals surface area contributed by atoms with Gasteiger partial charge in [-0.2, -0.15) is 0 Å². The van der Waals surface area contributed by atoms with E-state index >= 15 is 0 Å². The summed E-state index contributed by atoms with van der Waals surface area (Å²) in [6, 6.07) is 1.83. The number of hydrogen-bond acceptors (Lipinski definition) is 12. The molecule has 2 atom stereocenters. The maximum Gasteiger partial charge on any atom is 0.352 e. The number of primary amides is 1. The van der Waals surface area contributed by atoms with Gasteiger partial charge in [0.25, 0.3) is 17.7 Å². The van der Waals surface area contributed by atoms with Crippen LogP contribution in [0.15, 0.2) is 54.0 Å². The highest BCUT2D eigenvalue weighted by Crippen LogP contribution is 2.41. The lowest BCUT2D eigenvalue weighted by Gasteiger charge is -2.49. The highest BCUT2D eigenvalue weighted by molar-refractivity contribution is 8.01. The third-order valence-electron chi connectivity index (χ3n) is 5.28. The summed E-state index contributed by atoms with van der Waals surface area (Å²) in [5.74, 6) is -3.41. The molecule has 4 heterocycles. The number of aliphatic carboxylic acids is 1. The van der Waals surface area contributed by atoms with E-state index in [1.807, 2.05) is 0 Å². The van der Waals surface area contributed by atoms with Crippen LogP contribution in [0.25, 0.3) is 0 Å². The summed E-state index contributed by atoms with van der Waals surface area (Å²) < 4.78 is 6.20. The van der Waals surface area contributed by atoms with Crippen LogP contribution >= 0.6 is 23.5 Å². The van der Waals surface area contributed by atoms with Crippen molar-refractivity contribution < 1.29 is 33.5 Å². The standard InChI is InChI=1S/C20H19N7O9S2/c1-26-17(32)15(30)23-24-20(26)38-7-8-6-37-18-12(16(31)27(18)13(8)19(33)34)22-14(29)11(9-3-2-4-35-9)25-36-5-10(21)28/h2-4,12,18H,5-7H2,1H3,(H2,21,28)(H,22,29)(H,23,30)(H,33,34)/b25-11-/t12-,18-/m1/s1. The SMILES string of the molecule is Cn1c(SCC2=C(C(=O)O)N3C(=O)[C@@H](NC(=O)/C(=N\OCC(N)=O)c4ccco4)[C@H]3SC2)n[nH]c(=O)c1=O. The highest BCUT2D eigenvalue weighted by Gasteiger charge is 2.54. The first-order valence-corrected chi connectivity index (χ1v) is 12.6. The van der Waals surface area contributed by atoms with Crippen molar-refractivity contribution in [1.82, 2.24) is 25.0 Å². The summed E-state index contributed by atoms with van der Waals surface area (Å²) in [4.78, 5) is 77.9. The molecule has 0 unspecified atom stereocenters. The summed E-state index contributed by atoms with van der Waals surface area (Å²) in [5.41, 5.74) is 3.09. The molecule has 0 bridgehead atoms. The summed E-state index contributed by atoms with van der Waals surface area (Å²) in [6.45, 7) is -0.595. The van der Waals surface area contributed by atoms with Crippen LogP contribution in [-0.2, 0) is 31.1 Å². The van der Waals surface area contributed by atoms with E-state index in [9.17, 15) is 33.9 Å². The van der Waals surface area contributed by atoms with Crippen molar-refractivity contribution in [3.05, 3.63) is 56.1 Å². The predicted molar refractivity (Wildman–Crippen MR) is 131 cm³/mol. The smallest absolute Gasteiger partial charge is 0.352 e. The van der Waals surface area contributed by atoms with Crippen molar-refractivity contribution in [2.45, 2.75) is 16.6 Å². The summed E-state index contributed by atoms with van der Waals surface area (Å²) in [7, 11) is 1.36. The molecule has 0 aromatic carbocycles. The Labute approximate surface area is 220 Å². The zero-order valence-corrected chi connectivity index (χ0v) is 21.0. The van der Waals surface area contributed by atoms with Crippen molar-refractivity contribution in [1.29, 1.82) is 0 Å². The predicted octanol–water partition coefficient (Wildman–Crippen LogP) is -2.20. The lowest BCUT2D eigenvalue weighted by Crippen LogP contribution is -2.71. The Bertz CT molecular complexity index is 1480. The maximum absolute atomic E-state index is 13.0. The Hall–Kier alpha value is -4.32. The largest absolute Gasteiger partial charge is 0.477 e. The number of aromatic nitrogens is 3. The van der Waals surface area contributed by atoms with E-state index in [2.05, 4.69) is 20.7 Å². The number of oxime groups is 1. The summed E-state index contributed by atoms with van der Waals surface area (Å²) in [5, 5.41) is 21.3. The van der Waals surface area contributed by atoms with Crippen molar-refractivity contribution in [3.63, 3.8) is 0 Å². The van der Waals surface area contributed by atoms with E-state index in [1.54, 1.807) is 0 Å². The maximum atomic E-state index is 13.0. The zero-order valence-electron chi connectivity index (χ0n) is 19.4. The average Bonchev–Trinajstić information content (AvgIpc) is 3.41. The lowest BCUT2D eigenvalue weighted by atomic mass is 10.0. The number of thioether (sulfide) groups is 2. The average molecular weight is 566 g/mol. The number of carboxylic acids is 1. The number of carboxylic acid groups (broad SMARTS) is 1. The van der Waals surface area contributed by atoms with E-state index < -0.39 is 52.8 Å². The molecule has 38 heavy (non-hydrogen) atoms. The van der Waals surface area contributed by atoms with Gasteiger partial charge in [-0.3, -0.25) is 33.4 Å². The number of aromatic amines is 1. The third kappa shape index (κ3) is 5.21. The number of carbonyl (C=O) groups excluding carboxylic acids is 3. The Morgan fingerprint density at radius 1 is 1.39 bits per heavy atom. The number of furan rings is 1. The van der Waals surface area contributed by atoms with Crippen LogP contribution in [0, 0.1) is 0 Å². The molecule has 4 rings (SSSR count). The van der Waals surface area contributed by atoms with E-state index in [0.717, 1.165) is 21.2 Å². The molecule has 0 radical (unpaired) electrons. The fourth-order valence-electron chi connectivity index (χ4n) is 3.52.